The molecule has 0 amide bonds. The highest BCUT2D eigenvalue weighted by Gasteiger charge is 2.30. The Morgan fingerprint density at radius 1 is 1.35 bits per heavy atom. The summed E-state index contributed by atoms with van der Waals surface area (Å²) in [5.41, 5.74) is 2.61. The zero-order valence-electron chi connectivity index (χ0n) is 15.2. The van der Waals surface area contributed by atoms with Gasteiger partial charge in [0, 0.05) is 32.2 Å². The first kappa shape index (κ1) is 17.8. The highest BCUT2D eigenvalue weighted by atomic mass is 16.5. The summed E-state index contributed by atoms with van der Waals surface area (Å²) < 4.78 is 5.82. The van der Waals surface area contributed by atoms with Crippen molar-refractivity contribution in [1.29, 1.82) is 0 Å². The maximum atomic E-state index is 5.82. The molecule has 0 aliphatic carbocycles. The van der Waals surface area contributed by atoms with E-state index in [4.69, 9.17) is 4.74 Å². The van der Waals surface area contributed by atoms with Crippen LogP contribution in [0.5, 0.6) is 0 Å². The number of nitrogens with zero attached hydrogens (tertiary/aromatic N) is 1. The van der Waals surface area contributed by atoms with Gasteiger partial charge in [0.05, 0.1) is 5.60 Å². The number of aliphatic imine (C=N–C) groups is 1. The monoisotopic (exact) mass is 317 g/mol. The van der Waals surface area contributed by atoms with E-state index in [0.717, 1.165) is 38.5 Å². The average molecular weight is 317 g/mol. The molecule has 2 rings (SSSR count). The first-order chi connectivity index (χ1) is 10.8. The smallest absolute Gasteiger partial charge is 0.191 e. The van der Waals surface area contributed by atoms with Gasteiger partial charge in [-0.1, -0.05) is 43.7 Å². The Balaban J connectivity index is 1.89. The number of benzene rings is 1. The van der Waals surface area contributed by atoms with Gasteiger partial charge in [-0.3, -0.25) is 4.99 Å². The SMILES string of the molecule is CN=C(NCC1(C)CCCO1)NCC(C)(C)c1cccc(C)c1. The van der Waals surface area contributed by atoms with Crippen LogP contribution in [0.3, 0.4) is 0 Å². The summed E-state index contributed by atoms with van der Waals surface area (Å²) in [6.45, 7) is 11.3. The minimum atomic E-state index is -0.0658. The lowest BCUT2D eigenvalue weighted by Gasteiger charge is -2.29. The summed E-state index contributed by atoms with van der Waals surface area (Å²) >= 11 is 0. The van der Waals surface area contributed by atoms with E-state index in [1.54, 1.807) is 0 Å². The van der Waals surface area contributed by atoms with Crippen LogP contribution >= 0.6 is 0 Å². The van der Waals surface area contributed by atoms with Crippen molar-refractivity contribution < 1.29 is 4.74 Å². The third-order valence-electron chi connectivity index (χ3n) is 4.65. The van der Waals surface area contributed by atoms with Crippen molar-refractivity contribution >= 4 is 5.96 Å². The molecule has 2 N–H and O–H groups in total. The molecular formula is C19H31N3O. The highest BCUT2D eigenvalue weighted by molar-refractivity contribution is 5.79. The lowest BCUT2D eigenvalue weighted by molar-refractivity contribution is 0.0242. The van der Waals surface area contributed by atoms with Crippen molar-refractivity contribution in [3.63, 3.8) is 0 Å². The number of ether oxygens (including phenoxy) is 1. The summed E-state index contributed by atoms with van der Waals surface area (Å²) in [6.07, 6.45) is 2.25. The van der Waals surface area contributed by atoms with Crippen molar-refractivity contribution in [2.45, 2.75) is 51.6 Å². The second kappa shape index (κ2) is 7.35. The fourth-order valence-electron chi connectivity index (χ4n) is 2.94. The van der Waals surface area contributed by atoms with E-state index in [0.29, 0.717) is 0 Å². The van der Waals surface area contributed by atoms with Crippen molar-refractivity contribution in [3.05, 3.63) is 35.4 Å². The van der Waals surface area contributed by atoms with Crippen LogP contribution in [0.2, 0.25) is 0 Å². The standard InChI is InChI=1S/C19H31N3O/c1-15-8-6-9-16(12-15)18(2,3)13-21-17(20-5)22-14-19(4)10-7-11-23-19/h6,8-9,12H,7,10-11,13-14H2,1-5H3,(H2,20,21,22). The van der Waals surface area contributed by atoms with Crippen LogP contribution in [0, 0.1) is 6.92 Å². The maximum Gasteiger partial charge on any atom is 0.191 e. The van der Waals surface area contributed by atoms with Crippen LogP contribution in [-0.2, 0) is 10.2 Å². The van der Waals surface area contributed by atoms with E-state index in [2.05, 4.69) is 67.6 Å². The summed E-state index contributed by atoms with van der Waals surface area (Å²) in [7, 11) is 1.81. The van der Waals surface area contributed by atoms with Crippen molar-refractivity contribution in [2.75, 3.05) is 26.7 Å². The van der Waals surface area contributed by atoms with Gasteiger partial charge in [-0.15, -0.1) is 0 Å². The molecule has 1 fully saturated rings. The lowest BCUT2D eigenvalue weighted by Crippen LogP contribution is -2.48. The molecule has 1 aromatic rings. The zero-order chi connectivity index (χ0) is 16.9. The molecule has 0 radical (unpaired) electrons. The summed E-state index contributed by atoms with van der Waals surface area (Å²) in [6, 6.07) is 8.71. The fourth-order valence-corrected chi connectivity index (χ4v) is 2.94. The number of aryl methyl sites for hydroxylation is 1. The van der Waals surface area contributed by atoms with E-state index in [9.17, 15) is 0 Å². The second-order valence-corrected chi connectivity index (χ2v) is 7.43. The van der Waals surface area contributed by atoms with Crippen LogP contribution in [0.1, 0.15) is 44.7 Å². The molecule has 128 valence electrons. The minimum absolute atomic E-state index is 0.0391. The predicted octanol–water partition coefficient (Wildman–Crippen LogP) is 3.01. The molecule has 0 saturated carbocycles. The van der Waals surface area contributed by atoms with E-state index in [1.807, 2.05) is 7.05 Å². The van der Waals surface area contributed by atoms with Gasteiger partial charge in [-0.2, -0.15) is 0 Å². The number of hydrogen-bond donors (Lipinski definition) is 2. The molecule has 1 unspecified atom stereocenters. The number of hydrogen-bond acceptors (Lipinski definition) is 2. The summed E-state index contributed by atoms with van der Waals surface area (Å²) in [4.78, 5) is 4.33. The number of guanidine groups is 1. The van der Waals surface area contributed by atoms with E-state index in [-0.39, 0.29) is 11.0 Å². The molecule has 4 heteroatoms. The predicted molar refractivity (Wildman–Crippen MR) is 97.2 cm³/mol. The van der Waals surface area contributed by atoms with E-state index >= 15 is 0 Å². The minimum Gasteiger partial charge on any atom is -0.373 e. The van der Waals surface area contributed by atoms with Gasteiger partial charge < -0.3 is 15.4 Å². The first-order valence-corrected chi connectivity index (χ1v) is 8.50. The van der Waals surface area contributed by atoms with Gasteiger partial charge in [-0.05, 0) is 32.3 Å². The molecule has 0 aromatic heterocycles. The molecule has 0 bridgehead atoms. The molecule has 1 aromatic carbocycles. The van der Waals surface area contributed by atoms with Crippen LogP contribution in [0.25, 0.3) is 0 Å². The van der Waals surface area contributed by atoms with Gasteiger partial charge in [0.15, 0.2) is 5.96 Å². The molecule has 1 aliphatic rings. The Labute approximate surface area is 140 Å². The van der Waals surface area contributed by atoms with E-state index in [1.165, 1.54) is 11.1 Å². The second-order valence-electron chi connectivity index (χ2n) is 7.43. The van der Waals surface area contributed by atoms with Crippen molar-refractivity contribution in [2.24, 2.45) is 4.99 Å². The van der Waals surface area contributed by atoms with Gasteiger partial charge in [-0.25, -0.2) is 0 Å². The van der Waals surface area contributed by atoms with Crippen LogP contribution in [0.15, 0.2) is 29.3 Å². The fraction of sp³-hybridized carbons (Fsp3) is 0.632. The molecule has 4 nitrogen and oxygen atoms in total. The normalized spacial score (nSPS) is 22.2. The van der Waals surface area contributed by atoms with Crippen molar-refractivity contribution in [3.8, 4) is 0 Å². The molecule has 1 atom stereocenters. The van der Waals surface area contributed by atoms with Gasteiger partial charge in [0.2, 0.25) is 0 Å². The molecule has 1 saturated heterocycles. The Morgan fingerprint density at radius 3 is 2.74 bits per heavy atom. The van der Waals surface area contributed by atoms with E-state index < -0.39 is 0 Å². The van der Waals surface area contributed by atoms with Crippen molar-refractivity contribution in [1.82, 2.24) is 10.6 Å². The van der Waals surface area contributed by atoms with Crippen LogP contribution in [-0.4, -0.2) is 38.3 Å². The Hall–Kier alpha value is -1.55. The first-order valence-electron chi connectivity index (χ1n) is 8.50. The third kappa shape index (κ3) is 4.96. The molecule has 23 heavy (non-hydrogen) atoms. The third-order valence-corrected chi connectivity index (χ3v) is 4.65. The quantitative estimate of drug-likeness (QED) is 0.648. The van der Waals surface area contributed by atoms with Gasteiger partial charge in [0.25, 0.3) is 0 Å². The average Bonchev–Trinajstić information content (AvgIpc) is 2.94. The summed E-state index contributed by atoms with van der Waals surface area (Å²) in [5.74, 6) is 0.836. The molecule has 0 spiro atoms. The summed E-state index contributed by atoms with van der Waals surface area (Å²) in [5, 5.41) is 6.85. The Bertz CT molecular complexity index is 545. The van der Waals surface area contributed by atoms with Gasteiger partial charge >= 0.3 is 0 Å². The molecule has 1 aliphatic heterocycles. The maximum absolute atomic E-state index is 5.82. The largest absolute Gasteiger partial charge is 0.373 e. The Kier molecular flexibility index (Phi) is 5.69. The highest BCUT2D eigenvalue weighted by Crippen LogP contribution is 2.24. The lowest BCUT2D eigenvalue weighted by atomic mass is 9.84. The van der Waals surface area contributed by atoms with Gasteiger partial charge in [0.1, 0.15) is 0 Å². The van der Waals surface area contributed by atoms with Crippen LogP contribution in [0.4, 0.5) is 0 Å². The zero-order valence-corrected chi connectivity index (χ0v) is 15.2. The topological polar surface area (TPSA) is 45.7 Å². The molecule has 1 heterocycles. The number of rotatable bonds is 5. The molecular weight excluding hydrogens is 286 g/mol. The number of nitrogens with one attached hydrogen (secondary N) is 2. The Morgan fingerprint density at radius 2 is 2.13 bits per heavy atom. The van der Waals surface area contributed by atoms with Crippen LogP contribution < -0.4 is 10.6 Å².